The first-order chi connectivity index (χ1) is 24.1. The number of amides is 1. The molecule has 5 aromatic rings. The molecule has 0 spiro atoms. The van der Waals surface area contributed by atoms with Gasteiger partial charge >= 0.3 is 5.69 Å². The first-order valence-electron chi connectivity index (χ1n) is 17.3. The maximum atomic E-state index is 14.5. The maximum absolute atomic E-state index is 14.5. The van der Waals surface area contributed by atoms with Crippen LogP contribution in [0.25, 0.3) is 27.8 Å². The van der Waals surface area contributed by atoms with Gasteiger partial charge < -0.3 is 10.2 Å². The van der Waals surface area contributed by atoms with Crippen LogP contribution < -0.4 is 16.6 Å². The van der Waals surface area contributed by atoms with E-state index < -0.39 is 23.1 Å². The molecule has 1 amide bonds. The number of piperidine rings is 1. The number of hydrogen-bond donors (Lipinski definition) is 1. The standard InChI is InChI=1S/C38H42FN7O3S/c1-24-41-34(23-50-24)36(47)42-29-11-13-31(14-12-29)46-37(48)33-20-28(39)21-40-35(33)45(38(46)49)32-6-4-5-27(19-32)26-9-7-25(8-10-26)22-44-17-15-30(16-18-44)43(2)3/h4-10,19-21,23,29-31H,11-18,22H2,1-3H3,(H,42,47). The van der Waals surface area contributed by atoms with Crippen LogP contribution in [0.3, 0.4) is 0 Å². The average Bonchev–Trinajstić information content (AvgIpc) is 3.56. The van der Waals surface area contributed by atoms with Crippen LogP contribution in [0.1, 0.15) is 65.6 Å². The number of pyridine rings is 1. The summed E-state index contributed by atoms with van der Waals surface area (Å²) in [6.07, 6.45) is 5.57. The normalized spacial score (nSPS) is 18.9. The lowest BCUT2D eigenvalue weighted by Crippen LogP contribution is -2.45. The third-order valence-corrected chi connectivity index (χ3v) is 11.0. The fraction of sp³-hybridized carbons (Fsp3) is 0.395. The van der Waals surface area contributed by atoms with Gasteiger partial charge in [-0.2, -0.15) is 0 Å². The molecule has 2 aromatic carbocycles. The maximum Gasteiger partial charge on any atom is 0.337 e. The van der Waals surface area contributed by atoms with Crippen molar-refractivity contribution in [3.8, 4) is 16.8 Å². The van der Waals surface area contributed by atoms with Gasteiger partial charge in [-0.05, 0) is 108 Å². The number of carbonyl (C=O) groups is 1. The van der Waals surface area contributed by atoms with E-state index in [-0.39, 0.29) is 23.0 Å². The predicted octanol–water partition coefficient (Wildman–Crippen LogP) is 5.56. The van der Waals surface area contributed by atoms with E-state index in [1.54, 1.807) is 5.38 Å². The number of fused-ring (bicyclic) bond motifs is 1. The van der Waals surface area contributed by atoms with Gasteiger partial charge in [-0.15, -0.1) is 11.3 Å². The van der Waals surface area contributed by atoms with E-state index in [1.807, 2.05) is 31.2 Å². The number of nitrogens with one attached hydrogen (secondary N) is 1. The number of hydrogen-bond acceptors (Lipinski definition) is 8. The minimum Gasteiger partial charge on any atom is -0.348 e. The van der Waals surface area contributed by atoms with Crippen LogP contribution in [-0.4, -0.2) is 74.1 Å². The minimum absolute atomic E-state index is 0.0447. The second-order valence-electron chi connectivity index (χ2n) is 13.8. The summed E-state index contributed by atoms with van der Waals surface area (Å²) >= 11 is 1.42. The van der Waals surface area contributed by atoms with Gasteiger partial charge in [0, 0.05) is 30.1 Å². The Morgan fingerprint density at radius 3 is 2.40 bits per heavy atom. The zero-order valence-electron chi connectivity index (χ0n) is 28.6. The van der Waals surface area contributed by atoms with Gasteiger partial charge in [-0.3, -0.25) is 19.1 Å². The molecule has 1 saturated carbocycles. The van der Waals surface area contributed by atoms with Crippen molar-refractivity contribution in [3.63, 3.8) is 0 Å². The van der Waals surface area contributed by atoms with Crippen molar-refractivity contribution in [1.29, 1.82) is 0 Å². The van der Waals surface area contributed by atoms with Crippen LogP contribution >= 0.6 is 11.3 Å². The number of likely N-dealkylation sites (tertiary alicyclic amines) is 1. The highest BCUT2D eigenvalue weighted by atomic mass is 32.1. The molecule has 0 radical (unpaired) electrons. The van der Waals surface area contributed by atoms with Crippen molar-refractivity contribution in [1.82, 2.24) is 34.2 Å². The van der Waals surface area contributed by atoms with Crippen LogP contribution in [-0.2, 0) is 6.54 Å². The molecule has 0 unspecified atom stereocenters. The van der Waals surface area contributed by atoms with Crippen molar-refractivity contribution < 1.29 is 9.18 Å². The molecule has 50 heavy (non-hydrogen) atoms. The summed E-state index contributed by atoms with van der Waals surface area (Å²) in [7, 11) is 4.31. The Kier molecular flexibility index (Phi) is 9.76. The second-order valence-corrected chi connectivity index (χ2v) is 14.8. The Hall–Kier alpha value is -4.52. The number of rotatable bonds is 8. The van der Waals surface area contributed by atoms with E-state index in [9.17, 15) is 18.8 Å². The molecule has 1 aliphatic carbocycles. The van der Waals surface area contributed by atoms with Crippen molar-refractivity contribution in [3.05, 3.63) is 109 Å². The number of aromatic nitrogens is 4. The topological polar surface area (TPSA) is 105 Å². The first-order valence-corrected chi connectivity index (χ1v) is 18.2. The van der Waals surface area contributed by atoms with Crippen LogP contribution in [0, 0.1) is 12.7 Å². The Morgan fingerprint density at radius 1 is 0.980 bits per heavy atom. The molecule has 1 saturated heterocycles. The monoisotopic (exact) mass is 695 g/mol. The smallest absolute Gasteiger partial charge is 0.337 e. The molecule has 0 atom stereocenters. The fourth-order valence-corrected chi connectivity index (χ4v) is 8.01. The number of thiazole rings is 1. The van der Waals surface area contributed by atoms with E-state index in [0.717, 1.165) is 48.0 Å². The SMILES string of the molecule is Cc1nc(C(=O)NC2CCC(n3c(=O)c4cc(F)cnc4n(-c4cccc(-c5ccc(CN6CCC(N(C)C)CC6)cc5)c4)c3=O)CC2)cs1. The molecule has 10 nitrogen and oxygen atoms in total. The molecule has 4 heterocycles. The number of benzene rings is 2. The van der Waals surface area contributed by atoms with Crippen LogP contribution in [0.5, 0.6) is 0 Å². The summed E-state index contributed by atoms with van der Waals surface area (Å²) in [6.45, 7) is 4.93. The van der Waals surface area contributed by atoms with Gasteiger partial charge in [-0.1, -0.05) is 36.4 Å². The lowest BCUT2D eigenvalue weighted by Gasteiger charge is -2.35. The van der Waals surface area contributed by atoms with Crippen LogP contribution in [0.15, 0.2) is 75.8 Å². The molecule has 12 heteroatoms. The van der Waals surface area contributed by atoms with E-state index in [4.69, 9.17) is 0 Å². The van der Waals surface area contributed by atoms with E-state index >= 15 is 0 Å². The predicted molar refractivity (Wildman–Crippen MR) is 195 cm³/mol. The molecular weight excluding hydrogens is 654 g/mol. The van der Waals surface area contributed by atoms with E-state index in [2.05, 4.69) is 63.4 Å². The Bertz CT molecular complexity index is 2130. The molecule has 7 rings (SSSR count). The largest absolute Gasteiger partial charge is 0.348 e. The van der Waals surface area contributed by atoms with Gasteiger partial charge in [0.2, 0.25) is 0 Å². The molecule has 260 valence electrons. The third kappa shape index (κ3) is 7.05. The second kappa shape index (κ2) is 14.4. The summed E-state index contributed by atoms with van der Waals surface area (Å²) in [4.78, 5) is 54.1. The molecule has 3 aromatic heterocycles. The first kappa shape index (κ1) is 34.0. The quantitative estimate of drug-likeness (QED) is 0.227. The van der Waals surface area contributed by atoms with Gasteiger partial charge in [-0.25, -0.2) is 23.7 Å². The van der Waals surface area contributed by atoms with Gasteiger partial charge in [0.25, 0.3) is 11.5 Å². The number of halogens is 1. The highest BCUT2D eigenvalue weighted by Gasteiger charge is 2.29. The Morgan fingerprint density at radius 2 is 1.72 bits per heavy atom. The molecule has 1 N–H and O–H groups in total. The summed E-state index contributed by atoms with van der Waals surface area (Å²) in [5.41, 5.74) is 3.13. The molecular formula is C38H42FN7O3S. The van der Waals surface area contributed by atoms with Gasteiger partial charge in [0.1, 0.15) is 11.5 Å². The molecule has 2 fully saturated rings. The van der Waals surface area contributed by atoms with Crippen LogP contribution in [0.2, 0.25) is 0 Å². The lowest BCUT2D eigenvalue weighted by molar-refractivity contribution is 0.0917. The lowest BCUT2D eigenvalue weighted by atomic mass is 9.90. The average molecular weight is 696 g/mol. The molecule has 1 aliphatic heterocycles. The highest BCUT2D eigenvalue weighted by Crippen LogP contribution is 2.29. The fourth-order valence-electron chi connectivity index (χ4n) is 7.42. The zero-order valence-corrected chi connectivity index (χ0v) is 29.5. The van der Waals surface area contributed by atoms with E-state index in [0.29, 0.717) is 43.1 Å². The highest BCUT2D eigenvalue weighted by molar-refractivity contribution is 7.09. The minimum atomic E-state index is -0.647. The molecule has 2 aliphatic rings. The van der Waals surface area contributed by atoms with Crippen molar-refractivity contribution in [2.24, 2.45) is 0 Å². The number of aryl methyl sites for hydroxylation is 1. The summed E-state index contributed by atoms with van der Waals surface area (Å²) in [6, 6.07) is 17.4. The van der Waals surface area contributed by atoms with Crippen molar-refractivity contribution in [2.75, 3.05) is 27.2 Å². The number of carbonyl (C=O) groups excluding carboxylic acids is 1. The van der Waals surface area contributed by atoms with Crippen molar-refractivity contribution in [2.45, 2.75) is 70.1 Å². The zero-order chi connectivity index (χ0) is 34.9. The Balaban J connectivity index is 1.14. The summed E-state index contributed by atoms with van der Waals surface area (Å²) < 4.78 is 17.2. The third-order valence-electron chi connectivity index (χ3n) is 10.2. The number of nitrogens with zero attached hydrogens (tertiary/aromatic N) is 6. The Labute approximate surface area is 294 Å². The van der Waals surface area contributed by atoms with Gasteiger partial charge in [0.15, 0.2) is 5.65 Å². The van der Waals surface area contributed by atoms with Crippen LogP contribution in [0.4, 0.5) is 4.39 Å². The molecule has 0 bridgehead atoms. The summed E-state index contributed by atoms with van der Waals surface area (Å²) in [5, 5.41) is 5.65. The van der Waals surface area contributed by atoms with Gasteiger partial charge in [0.05, 0.1) is 22.3 Å². The summed E-state index contributed by atoms with van der Waals surface area (Å²) in [5.74, 6) is -0.870. The van der Waals surface area contributed by atoms with Crippen molar-refractivity contribution >= 4 is 28.3 Å². The van der Waals surface area contributed by atoms with E-state index in [1.165, 1.54) is 38.9 Å².